The van der Waals surface area contributed by atoms with Crippen molar-refractivity contribution in [2.24, 2.45) is 0 Å². The number of fused-ring (bicyclic) bond motifs is 1. The van der Waals surface area contributed by atoms with Crippen LogP contribution in [0.4, 0.5) is 0 Å². The van der Waals surface area contributed by atoms with E-state index in [2.05, 4.69) is 26.0 Å². The Morgan fingerprint density at radius 1 is 1.05 bits per heavy atom. The monoisotopic (exact) mass is 254 g/mol. The molecule has 1 unspecified atom stereocenters. The summed E-state index contributed by atoms with van der Waals surface area (Å²) in [5.74, 6) is 0.871. The first-order chi connectivity index (χ1) is 9.18. The third kappa shape index (κ3) is 2.02. The molecule has 0 saturated carbocycles. The quantitative estimate of drug-likeness (QED) is 0.890. The molecule has 98 valence electrons. The average molecular weight is 254 g/mol. The van der Waals surface area contributed by atoms with E-state index < -0.39 is 6.10 Å². The number of aliphatic hydroxyl groups excluding tert-OH is 1. The molecule has 0 bridgehead atoms. The fourth-order valence-corrected chi connectivity index (χ4v) is 2.69. The normalized spacial score (nSPS) is 14.9. The molecule has 0 spiro atoms. The Morgan fingerprint density at radius 2 is 1.79 bits per heavy atom. The van der Waals surface area contributed by atoms with Crippen LogP contribution in [0.25, 0.3) is 0 Å². The number of aliphatic hydroxyl groups is 1. The number of hydrogen-bond acceptors (Lipinski definition) is 2. The summed E-state index contributed by atoms with van der Waals surface area (Å²) in [6.07, 6.45) is 0.316. The van der Waals surface area contributed by atoms with Crippen molar-refractivity contribution in [3.8, 4) is 5.75 Å². The highest BCUT2D eigenvalue weighted by Gasteiger charge is 2.22. The van der Waals surface area contributed by atoms with Crippen LogP contribution in [0, 0.1) is 13.8 Å². The molecular weight excluding hydrogens is 236 g/mol. The molecule has 1 atom stereocenters. The molecule has 2 heteroatoms. The number of benzene rings is 2. The van der Waals surface area contributed by atoms with Gasteiger partial charge in [0.1, 0.15) is 11.9 Å². The van der Waals surface area contributed by atoms with Gasteiger partial charge in [-0.05, 0) is 36.1 Å². The lowest BCUT2D eigenvalue weighted by Crippen LogP contribution is -2.05. The van der Waals surface area contributed by atoms with Crippen molar-refractivity contribution in [2.75, 3.05) is 6.61 Å². The first kappa shape index (κ1) is 12.2. The molecule has 2 aromatic carbocycles. The molecule has 1 aliphatic rings. The van der Waals surface area contributed by atoms with Crippen LogP contribution in [0.1, 0.15) is 33.9 Å². The van der Waals surface area contributed by atoms with Gasteiger partial charge in [-0.2, -0.15) is 0 Å². The molecule has 0 amide bonds. The van der Waals surface area contributed by atoms with Gasteiger partial charge in [0.05, 0.1) is 6.61 Å². The highest BCUT2D eigenvalue weighted by atomic mass is 16.5. The van der Waals surface area contributed by atoms with Gasteiger partial charge in [0, 0.05) is 12.0 Å². The zero-order valence-electron chi connectivity index (χ0n) is 11.3. The Morgan fingerprint density at radius 3 is 2.63 bits per heavy atom. The van der Waals surface area contributed by atoms with Crippen LogP contribution in [-0.4, -0.2) is 11.7 Å². The van der Waals surface area contributed by atoms with E-state index in [0.717, 1.165) is 28.9 Å². The molecule has 19 heavy (non-hydrogen) atoms. The van der Waals surface area contributed by atoms with Crippen LogP contribution in [0.5, 0.6) is 5.75 Å². The summed E-state index contributed by atoms with van der Waals surface area (Å²) in [6.45, 7) is 4.83. The van der Waals surface area contributed by atoms with Gasteiger partial charge in [0.25, 0.3) is 0 Å². The maximum atomic E-state index is 10.7. The van der Waals surface area contributed by atoms with Crippen LogP contribution in [0.2, 0.25) is 0 Å². The van der Waals surface area contributed by atoms with Crippen LogP contribution < -0.4 is 4.74 Å². The minimum absolute atomic E-state index is 0.618. The van der Waals surface area contributed by atoms with E-state index in [1.165, 1.54) is 11.1 Å². The molecular formula is C17H18O2. The van der Waals surface area contributed by atoms with Crippen molar-refractivity contribution in [3.63, 3.8) is 0 Å². The SMILES string of the molecule is Cc1cccc(C(O)c2cccc3c2OCC3)c1C. The second kappa shape index (κ2) is 4.71. The summed E-state index contributed by atoms with van der Waals surface area (Å²) in [5, 5.41) is 10.7. The molecule has 1 aliphatic heterocycles. The lowest BCUT2D eigenvalue weighted by Gasteiger charge is -2.18. The third-order valence-electron chi connectivity index (χ3n) is 3.98. The highest BCUT2D eigenvalue weighted by molar-refractivity contribution is 5.49. The first-order valence-corrected chi connectivity index (χ1v) is 6.67. The molecule has 1 N–H and O–H groups in total. The Labute approximate surface area is 113 Å². The van der Waals surface area contributed by atoms with E-state index in [9.17, 15) is 5.11 Å². The highest BCUT2D eigenvalue weighted by Crippen LogP contribution is 2.37. The molecule has 1 heterocycles. The second-order valence-electron chi connectivity index (χ2n) is 5.13. The van der Waals surface area contributed by atoms with Crippen LogP contribution in [-0.2, 0) is 6.42 Å². The lowest BCUT2D eigenvalue weighted by atomic mass is 9.93. The van der Waals surface area contributed by atoms with Gasteiger partial charge in [0.15, 0.2) is 0 Å². The van der Waals surface area contributed by atoms with Gasteiger partial charge in [-0.25, -0.2) is 0 Å². The summed E-state index contributed by atoms with van der Waals surface area (Å²) < 4.78 is 5.68. The Kier molecular flexibility index (Phi) is 3.03. The smallest absolute Gasteiger partial charge is 0.128 e. The number of para-hydroxylation sites is 1. The van der Waals surface area contributed by atoms with Gasteiger partial charge in [0.2, 0.25) is 0 Å². The van der Waals surface area contributed by atoms with E-state index in [1.807, 2.05) is 24.3 Å². The molecule has 0 saturated heterocycles. The molecule has 0 radical (unpaired) electrons. The Balaban J connectivity index is 2.08. The van der Waals surface area contributed by atoms with E-state index in [0.29, 0.717) is 6.61 Å². The molecule has 0 fully saturated rings. The minimum atomic E-state index is -0.618. The molecule has 3 rings (SSSR count). The number of hydrogen-bond donors (Lipinski definition) is 1. The first-order valence-electron chi connectivity index (χ1n) is 6.67. The summed E-state index contributed by atoms with van der Waals surface area (Å²) in [7, 11) is 0. The van der Waals surface area contributed by atoms with Gasteiger partial charge < -0.3 is 9.84 Å². The van der Waals surface area contributed by atoms with Crippen LogP contribution in [0.15, 0.2) is 36.4 Å². The maximum absolute atomic E-state index is 10.7. The lowest BCUT2D eigenvalue weighted by molar-refractivity contribution is 0.213. The van der Waals surface area contributed by atoms with Gasteiger partial charge in [-0.1, -0.05) is 36.4 Å². The molecule has 2 nitrogen and oxygen atoms in total. The summed E-state index contributed by atoms with van der Waals surface area (Å²) in [4.78, 5) is 0. The summed E-state index contributed by atoms with van der Waals surface area (Å²) >= 11 is 0. The second-order valence-corrected chi connectivity index (χ2v) is 5.13. The summed E-state index contributed by atoms with van der Waals surface area (Å²) in [6, 6.07) is 12.1. The van der Waals surface area contributed by atoms with Gasteiger partial charge in [-0.3, -0.25) is 0 Å². The Hall–Kier alpha value is -1.80. The molecule has 0 aliphatic carbocycles. The van der Waals surface area contributed by atoms with Crippen LogP contribution >= 0.6 is 0 Å². The largest absolute Gasteiger partial charge is 0.493 e. The third-order valence-corrected chi connectivity index (χ3v) is 3.98. The topological polar surface area (TPSA) is 29.5 Å². The predicted octanol–water partition coefficient (Wildman–Crippen LogP) is 3.32. The van der Waals surface area contributed by atoms with Crippen LogP contribution in [0.3, 0.4) is 0 Å². The van der Waals surface area contributed by atoms with Crippen molar-refractivity contribution in [1.29, 1.82) is 0 Å². The standard InChI is InChI=1S/C17H18O2/c1-11-5-3-7-14(12(11)2)16(18)15-8-4-6-13-9-10-19-17(13)15/h3-8,16,18H,9-10H2,1-2H3. The Bertz CT molecular complexity index is 617. The molecule has 2 aromatic rings. The van der Waals surface area contributed by atoms with E-state index in [-0.39, 0.29) is 0 Å². The van der Waals surface area contributed by atoms with Crippen molar-refractivity contribution >= 4 is 0 Å². The zero-order chi connectivity index (χ0) is 13.4. The number of aryl methyl sites for hydroxylation is 1. The summed E-state index contributed by atoms with van der Waals surface area (Å²) in [5.41, 5.74) is 5.38. The van der Waals surface area contributed by atoms with Gasteiger partial charge in [-0.15, -0.1) is 0 Å². The van der Waals surface area contributed by atoms with Gasteiger partial charge >= 0.3 is 0 Å². The van der Waals surface area contributed by atoms with E-state index in [1.54, 1.807) is 0 Å². The fourth-order valence-electron chi connectivity index (χ4n) is 2.69. The zero-order valence-corrected chi connectivity index (χ0v) is 11.3. The predicted molar refractivity (Wildman–Crippen MR) is 75.6 cm³/mol. The molecule has 0 aromatic heterocycles. The van der Waals surface area contributed by atoms with E-state index in [4.69, 9.17) is 4.74 Å². The fraction of sp³-hybridized carbons (Fsp3) is 0.294. The number of rotatable bonds is 2. The maximum Gasteiger partial charge on any atom is 0.128 e. The van der Waals surface area contributed by atoms with Crippen molar-refractivity contribution in [1.82, 2.24) is 0 Å². The van der Waals surface area contributed by atoms with Crippen molar-refractivity contribution < 1.29 is 9.84 Å². The van der Waals surface area contributed by atoms with Crippen molar-refractivity contribution in [2.45, 2.75) is 26.4 Å². The van der Waals surface area contributed by atoms with E-state index >= 15 is 0 Å². The minimum Gasteiger partial charge on any atom is -0.493 e. The number of ether oxygens (including phenoxy) is 1. The van der Waals surface area contributed by atoms with Crippen molar-refractivity contribution in [3.05, 3.63) is 64.2 Å². The average Bonchev–Trinajstić information content (AvgIpc) is 2.89.